The van der Waals surface area contributed by atoms with Crippen LogP contribution in [0.25, 0.3) is 0 Å². The van der Waals surface area contributed by atoms with Gasteiger partial charge in [0.1, 0.15) is 0 Å². The predicted octanol–water partition coefficient (Wildman–Crippen LogP) is 2.36. The smallest absolute Gasteiger partial charge is 0.0166 e. The molecule has 90 valence electrons. The van der Waals surface area contributed by atoms with E-state index in [0.29, 0.717) is 12.1 Å². The van der Waals surface area contributed by atoms with Crippen molar-refractivity contribution in [3.05, 3.63) is 22.4 Å². The number of rotatable bonds is 3. The Morgan fingerprint density at radius 2 is 2.50 bits per heavy atom. The molecule has 1 aromatic heterocycles. The van der Waals surface area contributed by atoms with Gasteiger partial charge in [0.2, 0.25) is 0 Å². The third-order valence-corrected chi connectivity index (χ3v) is 4.09. The summed E-state index contributed by atoms with van der Waals surface area (Å²) in [6, 6.07) is 3.55. The summed E-state index contributed by atoms with van der Waals surface area (Å²) < 4.78 is 0. The summed E-state index contributed by atoms with van der Waals surface area (Å²) in [5, 5.41) is 8.00. The number of nitrogens with zero attached hydrogens (tertiary/aromatic N) is 1. The third-order valence-electron chi connectivity index (χ3n) is 3.36. The van der Waals surface area contributed by atoms with Crippen LogP contribution in [-0.2, 0) is 6.42 Å². The van der Waals surface area contributed by atoms with Crippen molar-refractivity contribution < 1.29 is 0 Å². The van der Waals surface area contributed by atoms with Gasteiger partial charge < -0.3 is 5.32 Å². The minimum Gasteiger partial charge on any atom is -0.313 e. The van der Waals surface area contributed by atoms with Crippen LogP contribution in [0.5, 0.6) is 0 Å². The van der Waals surface area contributed by atoms with Gasteiger partial charge in [-0.2, -0.15) is 11.3 Å². The van der Waals surface area contributed by atoms with E-state index in [-0.39, 0.29) is 0 Å². The first kappa shape index (κ1) is 12.1. The molecular weight excluding hydrogens is 216 g/mol. The quantitative estimate of drug-likeness (QED) is 0.869. The van der Waals surface area contributed by atoms with Crippen molar-refractivity contribution in [3.8, 4) is 0 Å². The Kier molecular flexibility index (Phi) is 4.38. The predicted molar refractivity (Wildman–Crippen MR) is 71.1 cm³/mol. The zero-order chi connectivity index (χ0) is 11.4. The van der Waals surface area contributed by atoms with Crippen molar-refractivity contribution in [2.45, 2.75) is 38.8 Å². The molecule has 0 radical (unpaired) electrons. The lowest BCUT2D eigenvalue weighted by Gasteiger charge is -2.29. The Morgan fingerprint density at radius 1 is 1.62 bits per heavy atom. The first-order chi connectivity index (χ1) is 7.75. The van der Waals surface area contributed by atoms with Gasteiger partial charge in [-0.15, -0.1) is 0 Å². The SMILES string of the molecule is CC1CN(C(C)Cc2ccsc2)CCCN1. The lowest BCUT2D eigenvalue weighted by Crippen LogP contribution is -2.41. The second-order valence-electron chi connectivity index (χ2n) is 4.89. The van der Waals surface area contributed by atoms with Crippen molar-refractivity contribution in [2.75, 3.05) is 19.6 Å². The van der Waals surface area contributed by atoms with Crippen LogP contribution in [0.1, 0.15) is 25.8 Å². The Labute approximate surface area is 103 Å². The molecule has 3 heteroatoms. The molecule has 0 saturated carbocycles. The van der Waals surface area contributed by atoms with E-state index >= 15 is 0 Å². The minimum absolute atomic E-state index is 0.632. The summed E-state index contributed by atoms with van der Waals surface area (Å²) in [4.78, 5) is 2.63. The van der Waals surface area contributed by atoms with Gasteiger partial charge in [-0.3, -0.25) is 4.90 Å². The molecule has 2 heterocycles. The van der Waals surface area contributed by atoms with Crippen LogP contribution in [0.4, 0.5) is 0 Å². The van der Waals surface area contributed by atoms with Crippen molar-refractivity contribution in [1.82, 2.24) is 10.2 Å². The summed E-state index contributed by atoms with van der Waals surface area (Å²) in [6.07, 6.45) is 2.47. The van der Waals surface area contributed by atoms with Crippen LogP contribution < -0.4 is 5.32 Å². The maximum absolute atomic E-state index is 3.55. The monoisotopic (exact) mass is 238 g/mol. The van der Waals surface area contributed by atoms with Gasteiger partial charge in [0.05, 0.1) is 0 Å². The highest BCUT2D eigenvalue weighted by atomic mass is 32.1. The van der Waals surface area contributed by atoms with Gasteiger partial charge >= 0.3 is 0 Å². The Balaban J connectivity index is 1.89. The molecule has 16 heavy (non-hydrogen) atoms. The van der Waals surface area contributed by atoms with Crippen molar-refractivity contribution in [3.63, 3.8) is 0 Å². The van der Waals surface area contributed by atoms with Crippen LogP contribution in [0.2, 0.25) is 0 Å². The Bertz CT molecular complexity index is 297. The van der Waals surface area contributed by atoms with Crippen molar-refractivity contribution in [2.24, 2.45) is 0 Å². The molecule has 1 N–H and O–H groups in total. The molecular formula is C13H22N2S. The minimum atomic E-state index is 0.632. The van der Waals surface area contributed by atoms with Crippen LogP contribution >= 0.6 is 11.3 Å². The summed E-state index contributed by atoms with van der Waals surface area (Å²) >= 11 is 1.80. The summed E-state index contributed by atoms with van der Waals surface area (Å²) in [5.41, 5.74) is 1.49. The van der Waals surface area contributed by atoms with Gasteiger partial charge in [-0.1, -0.05) is 0 Å². The number of hydrogen-bond donors (Lipinski definition) is 1. The molecule has 1 fully saturated rings. The average molecular weight is 238 g/mol. The lowest BCUT2D eigenvalue weighted by molar-refractivity contribution is 0.207. The highest BCUT2D eigenvalue weighted by Crippen LogP contribution is 2.13. The molecule has 1 aliphatic heterocycles. The molecule has 2 rings (SSSR count). The Morgan fingerprint density at radius 3 is 3.25 bits per heavy atom. The average Bonchev–Trinajstić information content (AvgIpc) is 2.65. The van der Waals surface area contributed by atoms with Gasteiger partial charge in [0.25, 0.3) is 0 Å². The molecule has 1 saturated heterocycles. The maximum Gasteiger partial charge on any atom is 0.0166 e. The van der Waals surface area contributed by atoms with Crippen LogP contribution in [-0.4, -0.2) is 36.6 Å². The Hall–Kier alpha value is -0.380. The van der Waals surface area contributed by atoms with E-state index in [0.717, 1.165) is 0 Å². The van der Waals surface area contributed by atoms with Crippen molar-refractivity contribution in [1.29, 1.82) is 0 Å². The molecule has 1 aromatic rings. The molecule has 2 nitrogen and oxygen atoms in total. The highest BCUT2D eigenvalue weighted by Gasteiger charge is 2.19. The maximum atomic E-state index is 3.55. The van der Waals surface area contributed by atoms with Gasteiger partial charge in [-0.05, 0) is 62.2 Å². The fourth-order valence-electron chi connectivity index (χ4n) is 2.42. The van der Waals surface area contributed by atoms with E-state index in [4.69, 9.17) is 0 Å². The molecule has 0 amide bonds. The van der Waals surface area contributed by atoms with E-state index in [1.807, 2.05) is 0 Å². The molecule has 1 aliphatic rings. The molecule has 2 atom stereocenters. The molecule has 0 spiro atoms. The van der Waals surface area contributed by atoms with Crippen LogP contribution in [0.15, 0.2) is 16.8 Å². The summed E-state index contributed by atoms with van der Waals surface area (Å²) in [6.45, 7) is 8.24. The first-order valence-electron chi connectivity index (χ1n) is 6.24. The topological polar surface area (TPSA) is 15.3 Å². The van der Waals surface area contributed by atoms with Crippen LogP contribution in [0, 0.1) is 0 Å². The number of thiophene rings is 1. The van der Waals surface area contributed by atoms with Crippen molar-refractivity contribution >= 4 is 11.3 Å². The van der Waals surface area contributed by atoms with E-state index < -0.39 is 0 Å². The van der Waals surface area contributed by atoms with Gasteiger partial charge in [-0.25, -0.2) is 0 Å². The van der Waals surface area contributed by atoms with E-state index in [9.17, 15) is 0 Å². The lowest BCUT2D eigenvalue weighted by atomic mass is 10.1. The fraction of sp³-hybridized carbons (Fsp3) is 0.692. The second-order valence-corrected chi connectivity index (χ2v) is 5.67. The number of hydrogen-bond acceptors (Lipinski definition) is 3. The zero-order valence-electron chi connectivity index (χ0n) is 10.3. The van der Waals surface area contributed by atoms with E-state index in [2.05, 4.69) is 40.9 Å². The largest absolute Gasteiger partial charge is 0.313 e. The standard InChI is InChI=1S/C13H22N2S/c1-11-9-15(6-3-5-14-11)12(2)8-13-4-7-16-10-13/h4,7,10-12,14H,3,5-6,8-9H2,1-2H3. The molecule has 2 unspecified atom stereocenters. The molecule has 0 aliphatic carbocycles. The molecule has 0 aromatic carbocycles. The fourth-order valence-corrected chi connectivity index (χ4v) is 3.10. The van der Waals surface area contributed by atoms with Gasteiger partial charge in [0, 0.05) is 18.6 Å². The second kappa shape index (κ2) is 5.80. The normalized spacial score (nSPS) is 25.2. The van der Waals surface area contributed by atoms with E-state index in [1.54, 1.807) is 11.3 Å². The molecule has 0 bridgehead atoms. The van der Waals surface area contributed by atoms with Crippen LogP contribution in [0.3, 0.4) is 0 Å². The zero-order valence-corrected chi connectivity index (χ0v) is 11.1. The third kappa shape index (κ3) is 3.30. The van der Waals surface area contributed by atoms with E-state index in [1.165, 1.54) is 38.0 Å². The van der Waals surface area contributed by atoms with Gasteiger partial charge in [0.15, 0.2) is 0 Å². The highest BCUT2D eigenvalue weighted by molar-refractivity contribution is 7.07. The first-order valence-corrected chi connectivity index (χ1v) is 7.18. The summed E-state index contributed by atoms with van der Waals surface area (Å²) in [5.74, 6) is 0. The summed E-state index contributed by atoms with van der Waals surface area (Å²) in [7, 11) is 0. The number of nitrogens with one attached hydrogen (secondary N) is 1.